The number of hydrogen-bond donors (Lipinski definition) is 4. The Morgan fingerprint density at radius 1 is 1.06 bits per heavy atom. The second kappa shape index (κ2) is 12.2. The van der Waals surface area contributed by atoms with Crippen LogP contribution in [0.4, 0.5) is 26.2 Å². The quantitative estimate of drug-likeness (QED) is 0.222. The van der Waals surface area contributed by atoms with E-state index < -0.39 is 23.8 Å². The first-order valence-corrected chi connectivity index (χ1v) is 11.2. The Morgan fingerprint density at radius 2 is 1.77 bits per heavy atom. The number of aromatic hydroxyl groups is 1. The smallest absolute Gasteiger partial charge is 0.412 e. The number of phenols is 1. The van der Waals surface area contributed by atoms with E-state index in [1.54, 1.807) is 54.6 Å². The first-order chi connectivity index (χ1) is 16.8. The van der Waals surface area contributed by atoms with Gasteiger partial charge in [0.2, 0.25) is 5.91 Å². The molecule has 0 radical (unpaired) electrons. The van der Waals surface area contributed by atoms with Crippen LogP contribution in [0.15, 0.2) is 84.9 Å². The fourth-order valence-electron chi connectivity index (χ4n) is 3.48. The van der Waals surface area contributed by atoms with Gasteiger partial charge in [0.05, 0.1) is 11.4 Å². The molecule has 3 rings (SSSR count). The van der Waals surface area contributed by atoms with Gasteiger partial charge in [-0.15, -0.1) is 0 Å². The van der Waals surface area contributed by atoms with E-state index in [1.807, 2.05) is 13.0 Å². The molecule has 0 fully saturated rings. The monoisotopic (exact) mass is 477 g/mol. The molecule has 3 aromatic carbocycles. The lowest BCUT2D eigenvalue weighted by Gasteiger charge is -2.24. The average molecular weight is 478 g/mol. The van der Waals surface area contributed by atoms with Crippen molar-refractivity contribution in [2.45, 2.75) is 25.9 Å². The number of carbonyl (C=O) groups is 2. The van der Waals surface area contributed by atoms with Crippen LogP contribution in [-0.2, 0) is 9.53 Å². The molecule has 0 saturated heterocycles. The summed E-state index contributed by atoms with van der Waals surface area (Å²) < 4.78 is 19.7. The van der Waals surface area contributed by atoms with Gasteiger partial charge in [0.1, 0.15) is 6.10 Å². The van der Waals surface area contributed by atoms with Crippen molar-refractivity contribution >= 4 is 29.1 Å². The number of ether oxygens (including phenoxy) is 1. The van der Waals surface area contributed by atoms with Crippen LogP contribution < -0.4 is 16.4 Å². The molecule has 2 atom stereocenters. The lowest BCUT2D eigenvalue weighted by molar-refractivity contribution is -0.111. The van der Waals surface area contributed by atoms with Crippen molar-refractivity contribution < 1.29 is 23.8 Å². The maximum absolute atomic E-state index is 14.0. The van der Waals surface area contributed by atoms with Gasteiger partial charge in [-0.3, -0.25) is 10.1 Å². The van der Waals surface area contributed by atoms with E-state index in [-0.39, 0.29) is 11.8 Å². The maximum atomic E-state index is 14.0. The van der Waals surface area contributed by atoms with E-state index in [4.69, 9.17) is 10.5 Å². The standard InChI is InChI=1S/C27H28FN3O4/c1-18(9-5-8-14-25(33)31-23-13-7-6-12-22(23)29)26(19-15-16-24(32)21(28)17-19)35-27(34)30-20-10-3-2-4-11-20/h2-4,6-8,10-18,26,32H,5,9,29H2,1H3,(H,30,34)(H,31,33)/b14-8+/t18-,26-/m0/s1. The number of phenolic OH excluding ortho intramolecular Hbond substituents is 1. The van der Waals surface area contributed by atoms with Crippen LogP contribution in [0, 0.1) is 11.7 Å². The molecule has 0 aliphatic rings. The van der Waals surface area contributed by atoms with Gasteiger partial charge in [-0.1, -0.05) is 49.4 Å². The van der Waals surface area contributed by atoms with Gasteiger partial charge in [0.15, 0.2) is 11.6 Å². The van der Waals surface area contributed by atoms with E-state index >= 15 is 0 Å². The minimum Gasteiger partial charge on any atom is -0.505 e. The van der Waals surface area contributed by atoms with E-state index in [1.165, 1.54) is 18.2 Å². The van der Waals surface area contributed by atoms with Crippen LogP contribution in [0.1, 0.15) is 31.4 Å². The molecule has 8 heteroatoms. The molecule has 5 N–H and O–H groups in total. The Balaban J connectivity index is 1.63. The van der Waals surface area contributed by atoms with Crippen molar-refractivity contribution in [3.05, 3.63) is 96.3 Å². The summed E-state index contributed by atoms with van der Waals surface area (Å²) in [6.45, 7) is 1.86. The number of hydrogen-bond acceptors (Lipinski definition) is 5. The Kier molecular flexibility index (Phi) is 8.83. The maximum Gasteiger partial charge on any atom is 0.412 e. The largest absolute Gasteiger partial charge is 0.505 e. The summed E-state index contributed by atoms with van der Waals surface area (Å²) in [6.07, 6.45) is 2.72. The van der Waals surface area contributed by atoms with Gasteiger partial charge in [0, 0.05) is 5.69 Å². The fraction of sp³-hybridized carbons (Fsp3) is 0.185. The minimum absolute atomic E-state index is 0.224. The first kappa shape index (κ1) is 25.3. The summed E-state index contributed by atoms with van der Waals surface area (Å²) in [7, 11) is 0. The molecular formula is C27H28FN3O4. The van der Waals surface area contributed by atoms with Gasteiger partial charge in [-0.05, 0) is 66.8 Å². The number of halogens is 1. The number of anilines is 3. The molecule has 0 aliphatic heterocycles. The van der Waals surface area contributed by atoms with Crippen LogP contribution in [0.5, 0.6) is 5.75 Å². The highest BCUT2D eigenvalue weighted by molar-refractivity contribution is 6.01. The first-order valence-electron chi connectivity index (χ1n) is 11.2. The zero-order valence-corrected chi connectivity index (χ0v) is 19.3. The third-order valence-electron chi connectivity index (χ3n) is 5.35. The normalized spacial score (nSPS) is 12.6. The Labute approximate surface area is 203 Å². The van der Waals surface area contributed by atoms with Crippen LogP contribution in [-0.4, -0.2) is 17.1 Å². The highest BCUT2D eigenvalue weighted by Gasteiger charge is 2.24. The number of rotatable bonds is 9. The number of nitrogen functional groups attached to an aromatic ring is 1. The number of nitrogens with two attached hydrogens (primary N) is 1. The van der Waals surface area contributed by atoms with Crippen molar-refractivity contribution in [3.63, 3.8) is 0 Å². The minimum atomic E-state index is -0.802. The van der Waals surface area contributed by atoms with Gasteiger partial charge >= 0.3 is 6.09 Å². The second-order valence-corrected chi connectivity index (χ2v) is 8.06. The summed E-state index contributed by atoms with van der Waals surface area (Å²) in [6, 6.07) is 19.7. The van der Waals surface area contributed by atoms with Crippen LogP contribution in [0.2, 0.25) is 0 Å². The zero-order valence-electron chi connectivity index (χ0n) is 19.3. The Hall–Kier alpha value is -4.33. The number of amides is 2. The van der Waals surface area contributed by atoms with E-state index in [0.29, 0.717) is 35.5 Å². The molecule has 182 valence electrons. The molecule has 2 amide bonds. The Bertz CT molecular complexity index is 1180. The fourth-order valence-corrected chi connectivity index (χ4v) is 3.48. The summed E-state index contributed by atoms with van der Waals surface area (Å²) >= 11 is 0. The Morgan fingerprint density at radius 3 is 2.49 bits per heavy atom. The van der Waals surface area contributed by atoms with Gasteiger partial charge in [-0.2, -0.15) is 0 Å². The molecule has 0 saturated carbocycles. The topological polar surface area (TPSA) is 114 Å². The highest BCUT2D eigenvalue weighted by atomic mass is 19.1. The molecular weight excluding hydrogens is 449 g/mol. The lowest BCUT2D eigenvalue weighted by Crippen LogP contribution is -2.22. The molecule has 0 aliphatic carbocycles. The van der Waals surface area contributed by atoms with Crippen molar-refractivity contribution in [1.29, 1.82) is 0 Å². The van der Waals surface area contributed by atoms with Crippen LogP contribution >= 0.6 is 0 Å². The van der Waals surface area contributed by atoms with E-state index in [2.05, 4.69) is 10.6 Å². The van der Waals surface area contributed by atoms with E-state index in [9.17, 15) is 19.1 Å². The second-order valence-electron chi connectivity index (χ2n) is 8.06. The third-order valence-corrected chi connectivity index (χ3v) is 5.35. The number of nitrogens with one attached hydrogen (secondary N) is 2. The predicted octanol–water partition coefficient (Wildman–Crippen LogP) is 6.01. The summed E-state index contributed by atoms with van der Waals surface area (Å²) in [5.41, 5.74) is 7.81. The van der Waals surface area contributed by atoms with Gasteiger partial charge in [-0.25, -0.2) is 9.18 Å². The molecule has 0 heterocycles. The lowest BCUT2D eigenvalue weighted by atomic mass is 9.93. The molecule has 3 aromatic rings. The predicted molar refractivity (Wildman–Crippen MR) is 134 cm³/mol. The molecule has 0 spiro atoms. The van der Waals surface area contributed by atoms with Crippen molar-refractivity contribution in [2.75, 3.05) is 16.4 Å². The highest BCUT2D eigenvalue weighted by Crippen LogP contribution is 2.32. The summed E-state index contributed by atoms with van der Waals surface area (Å²) in [4.78, 5) is 24.7. The van der Waals surface area contributed by atoms with Crippen molar-refractivity contribution in [2.24, 2.45) is 5.92 Å². The average Bonchev–Trinajstić information content (AvgIpc) is 2.84. The van der Waals surface area contributed by atoms with Crippen molar-refractivity contribution in [3.8, 4) is 5.75 Å². The molecule has 7 nitrogen and oxygen atoms in total. The SMILES string of the molecule is C[C@@H](CC/C=C/C(=O)Nc1ccccc1N)[C@H](OC(=O)Nc1ccccc1)c1ccc(O)c(F)c1. The summed E-state index contributed by atoms with van der Waals surface area (Å²) in [5, 5.41) is 14.9. The van der Waals surface area contributed by atoms with Crippen LogP contribution in [0.25, 0.3) is 0 Å². The number of allylic oxidation sites excluding steroid dienone is 1. The molecule has 35 heavy (non-hydrogen) atoms. The third kappa shape index (κ3) is 7.60. The molecule has 0 bridgehead atoms. The van der Waals surface area contributed by atoms with E-state index in [0.717, 1.165) is 6.07 Å². The van der Waals surface area contributed by atoms with Gasteiger partial charge < -0.3 is 20.9 Å². The zero-order chi connectivity index (χ0) is 25.2. The number of benzene rings is 3. The van der Waals surface area contributed by atoms with Crippen LogP contribution in [0.3, 0.4) is 0 Å². The van der Waals surface area contributed by atoms with Crippen molar-refractivity contribution in [1.82, 2.24) is 0 Å². The van der Waals surface area contributed by atoms with Gasteiger partial charge in [0.25, 0.3) is 0 Å². The molecule has 0 aromatic heterocycles. The summed E-state index contributed by atoms with van der Waals surface area (Å²) in [5.74, 6) is -1.82. The molecule has 0 unspecified atom stereocenters. The number of carbonyl (C=O) groups excluding carboxylic acids is 2. The number of para-hydroxylation sites is 3.